The van der Waals surface area contributed by atoms with Gasteiger partial charge in [0.15, 0.2) is 0 Å². The van der Waals surface area contributed by atoms with Gasteiger partial charge >= 0.3 is 5.97 Å². The van der Waals surface area contributed by atoms with E-state index in [9.17, 15) is 14.4 Å². The number of ketones is 1. The molecule has 0 bridgehead atoms. The van der Waals surface area contributed by atoms with Crippen LogP contribution in [0.15, 0.2) is 24.3 Å². The van der Waals surface area contributed by atoms with Crippen LogP contribution in [-0.2, 0) is 14.4 Å². The zero-order chi connectivity index (χ0) is 19.5. The first-order chi connectivity index (χ1) is 12.6. The van der Waals surface area contributed by atoms with Crippen molar-refractivity contribution in [3.8, 4) is 0 Å². The van der Waals surface area contributed by atoms with Gasteiger partial charge in [-0.1, -0.05) is 63.3 Å². The highest BCUT2D eigenvalue weighted by Crippen LogP contribution is 2.12. The topological polar surface area (TPSA) is 71.4 Å². The molecule has 26 heavy (non-hydrogen) atoms. The van der Waals surface area contributed by atoms with Crippen LogP contribution < -0.4 is 0 Å². The second-order valence-electron chi connectivity index (χ2n) is 6.74. The zero-order valence-electron chi connectivity index (χ0n) is 16.3. The number of unbranched alkanes of at least 4 members (excludes halogenated alkanes) is 8. The first-order valence-electron chi connectivity index (χ1n) is 10.1. The maximum atomic E-state index is 11.8. The van der Waals surface area contributed by atoms with Crippen molar-refractivity contribution in [3.63, 3.8) is 0 Å². The van der Waals surface area contributed by atoms with Gasteiger partial charge in [0, 0.05) is 12.8 Å². The summed E-state index contributed by atoms with van der Waals surface area (Å²) in [6.07, 6.45) is 21.6. The van der Waals surface area contributed by atoms with Gasteiger partial charge in [0.25, 0.3) is 0 Å². The molecule has 0 aromatic carbocycles. The van der Waals surface area contributed by atoms with E-state index in [4.69, 9.17) is 5.11 Å². The summed E-state index contributed by atoms with van der Waals surface area (Å²) in [5.74, 6) is -2.67. The third-order valence-corrected chi connectivity index (χ3v) is 4.39. The predicted molar refractivity (Wildman–Crippen MR) is 106 cm³/mol. The molecule has 0 saturated carbocycles. The van der Waals surface area contributed by atoms with E-state index < -0.39 is 11.9 Å². The van der Waals surface area contributed by atoms with Gasteiger partial charge in [-0.15, -0.1) is 0 Å². The Bertz CT molecular complexity index is 437. The van der Waals surface area contributed by atoms with E-state index >= 15 is 0 Å². The highest BCUT2D eigenvalue weighted by Gasteiger charge is 2.24. The normalized spacial score (nSPS) is 12.7. The van der Waals surface area contributed by atoms with Crippen LogP contribution in [0.25, 0.3) is 0 Å². The number of aliphatic carboxylic acids is 1. The summed E-state index contributed by atoms with van der Waals surface area (Å²) in [7, 11) is 0. The summed E-state index contributed by atoms with van der Waals surface area (Å²) in [5.41, 5.74) is 0. The standard InChI is InChI=1S/C22H36O4/c1-2-3-4-5-6-7-8-9-10-11-12-13-14-15-16-17-21(24)20(18-19-23)22(25)26/h6-7,9-10,19-20H,2-5,8,11-18H2,1H3,(H,25,26)/b7-6-,10-9-. The number of carboxylic acids is 1. The molecule has 0 aliphatic carbocycles. The molecule has 0 amide bonds. The molecular weight excluding hydrogens is 328 g/mol. The summed E-state index contributed by atoms with van der Waals surface area (Å²) >= 11 is 0. The van der Waals surface area contributed by atoms with Crippen LogP contribution in [0.3, 0.4) is 0 Å². The molecule has 0 saturated heterocycles. The monoisotopic (exact) mass is 364 g/mol. The van der Waals surface area contributed by atoms with Crippen LogP contribution in [0.4, 0.5) is 0 Å². The fourth-order valence-corrected chi connectivity index (χ4v) is 2.75. The second kappa shape index (κ2) is 18.1. The van der Waals surface area contributed by atoms with Crippen LogP contribution in [-0.4, -0.2) is 23.1 Å². The van der Waals surface area contributed by atoms with Crippen LogP contribution in [0.2, 0.25) is 0 Å². The maximum absolute atomic E-state index is 11.8. The smallest absolute Gasteiger partial charge is 0.314 e. The molecule has 4 heteroatoms. The van der Waals surface area contributed by atoms with Gasteiger partial charge in [0.05, 0.1) is 0 Å². The molecule has 1 atom stereocenters. The summed E-state index contributed by atoms with van der Waals surface area (Å²) in [6.45, 7) is 2.22. The summed E-state index contributed by atoms with van der Waals surface area (Å²) in [5, 5.41) is 8.91. The second-order valence-corrected chi connectivity index (χ2v) is 6.74. The largest absolute Gasteiger partial charge is 0.481 e. The van der Waals surface area contributed by atoms with E-state index in [-0.39, 0.29) is 18.6 Å². The maximum Gasteiger partial charge on any atom is 0.314 e. The Morgan fingerprint density at radius 2 is 1.42 bits per heavy atom. The van der Waals surface area contributed by atoms with Gasteiger partial charge in [0.1, 0.15) is 18.0 Å². The molecule has 1 unspecified atom stereocenters. The van der Waals surface area contributed by atoms with Gasteiger partial charge in [-0.3, -0.25) is 9.59 Å². The van der Waals surface area contributed by atoms with Crippen LogP contribution in [0, 0.1) is 5.92 Å². The first kappa shape index (κ1) is 24.3. The molecule has 0 fully saturated rings. The third-order valence-electron chi connectivity index (χ3n) is 4.39. The van der Waals surface area contributed by atoms with Crippen molar-refractivity contribution in [2.24, 2.45) is 5.92 Å². The number of hydrogen-bond acceptors (Lipinski definition) is 3. The van der Waals surface area contributed by atoms with E-state index in [0.717, 1.165) is 38.5 Å². The van der Waals surface area contributed by atoms with E-state index in [2.05, 4.69) is 31.2 Å². The van der Waals surface area contributed by atoms with E-state index in [1.165, 1.54) is 25.7 Å². The number of rotatable bonds is 18. The summed E-state index contributed by atoms with van der Waals surface area (Å²) < 4.78 is 0. The Balaban J connectivity index is 3.53. The molecule has 0 heterocycles. The Morgan fingerprint density at radius 1 is 0.846 bits per heavy atom. The zero-order valence-corrected chi connectivity index (χ0v) is 16.3. The predicted octanol–water partition coefficient (Wildman–Crippen LogP) is 5.66. The Kier molecular flexibility index (Phi) is 16.9. The lowest BCUT2D eigenvalue weighted by atomic mass is 9.96. The van der Waals surface area contributed by atoms with E-state index in [1.807, 2.05) is 0 Å². The highest BCUT2D eigenvalue weighted by atomic mass is 16.4. The van der Waals surface area contributed by atoms with Crippen LogP contribution >= 0.6 is 0 Å². The average molecular weight is 365 g/mol. The van der Waals surface area contributed by atoms with Crippen LogP contribution in [0.5, 0.6) is 0 Å². The van der Waals surface area contributed by atoms with Gasteiger partial charge < -0.3 is 9.90 Å². The fourth-order valence-electron chi connectivity index (χ4n) is 2.75. The highest BCUT2D eigenvalue weighted by molar-refractivity contribution is 5.99. The lowest BCUT2D eigenvalue weighted by Crippen LogP contribution is -2.24. The number of hydrogen-bond donors (Lipinski definition) is 1. The Labute approximate surface area is 158 Å². The number of carbonyl (C=O) groups is 3. The quantitative estimate of drug-likeness (QED) is 0.147. The number of Topliss-reactive ketones (excluding diaryl/α,β-unsaturated/α-hetero) is 1. The number of carboxylic acid groups (broad SMARTS) is 1. The molecular formula is C22H36O4. The molecule has 1 N–H and O–H groups in total. The lowest BCUT2D eigenvalue weighted by molar-refractivity contribution is -0.147. The fraction of sp³-hybridized carbons (Fsp3) is 0.682. The van der Waals surface area contributed by atoms with Crippen molar-refractivity contribution >= 4 is 18.0 Å². The molecule has 0 aliphatic heterocycles. The van der Waals surface area contributed by atoms with Crippen molar-refractivity contribution in [1.29, 1.82) is 0 Å². The molecule has 0 rings (SSSR count). The Hall–Kier alpha value is -1.71. The van der Waals surface area contributed by atoms with Crippen molar-refractivity contribution in [3.05, 3.63) is 24.3 Å². The van der Waals surface area contributed by atoms with E-state index in [0.29, 0.717) is 12.7 Å². The summed E-state index contributed by atoms with van der Waals surface area (Å²) in [4.78, 5) is 33.1. The Morgan fingerprint density at radius 3 is 2.00 bits per heavy atom. The molecule has 148 valence electrons. The minimum atomic E-state index is -1.19. The SMILES string of the molecule is CCCCC/C=C\C/C=C\CCCCCCCC(=O)C(CC=O)C(=O)O. The van der Waals surface area contributed by atoms with Crippen molar-refractivity contribution in [2.45, 2.75) is 90.4 Å². The van der Waals surface area contributed by atoms with Crippen molar-refractivity contribution in [1.82, 2.24) is 0 Å². The molecule has 0 aromatic heterocycles. The van der Waals surface area contributed by atoms with Gasteiger partial charge in [-0.2, -0.15) is 0 Å². The number of aldehydes is 1. The van der Waals surface area contributed by atoms with Gasteiger partial charge in [-0.25, -0.2) is 0 Å². The number of carbonyl (C=O) groups excluding carboxylic acids is 2. The van der Waals surface area contributed by atoms with Crippen LogP contribution in [0.1, 0.15) is 90.4 Å². The molecule has 4 nitrogen and oxygen atoms in total. The number of allylic oxidation sites excluding steroid dienone is 4. The minimum Gasteiger partial charge on any atom is -0.481 e. The molecule has 0 spiro atoms. The van der Waals surface area contributed by atoms with Crippen molar-refractivity contribution in [2.75, 3.05) is 0 Å². The molecule has 0 aliphatic rings. The lowest BCUT2D eigenvalue weighted by Gasteiger charge is -2.07. The first-order valence-corrected chi connectivity index (χ1v) is 10.1. The van der Waals surface area contributed by atoms with Gasteiger partial charge in [0.2, 0.25) is 0 Å². The van der Waals surface area contributed by atoms with E-state index in [1.54, 1.807) is 0 Å². The van der Waals surface area contributed by atoms with Gasteiger partial charge in [-0.05, 0) is 38.5 Å². The third kappa shape index (κ3) is 14.6. The van der Waals surface area contributed by atoms with Crippen molar-refractivity contribution < 1.29 is 19.5 Å². The molecule has 0 aromatic rings. The minimum absolute atomic E-state index is 0.214. The average Bonchev–Trinajstić information content (AvgIpc) is 2.62. The molecule has 0 radical (unpaired) electrons. The summed E-state index contributed by atoms with van der Waals surface area (Å²) in [6, 6.07) is 0.